The van der Waals surface area contributed by atoms with Crippen molar-refractivity contribution in [1.82, 2.24) is 9.80 Å². The number of thiophene rings is 1. The number of piperazine rings is 1. The van der Waals surface area contributed by atoms with Crippen LogP contribution in [0.2, 0.25) is 0 Å². The minimum atomic E-state index is 0.107. The van der Waals surface area contributed by atoms with E-state index < -0.39 is 0 Å². The minimum Gasteiger partial charge on any atom is -0.335 e. The standard InChI is InChI=1S/C16H23N3OS/c1-3-13(2)18-8-10-19(11-9-18)16(20)15-14(5-4-7-17)6-12-21-15/h6,12-13H,3,7-11,17H2,1-2H3. The Bertz CT molecular complexity index is 535. The average molecular weight is 305 g/mol. The molecule has 0 aromatic carbocycles. The third-order valence-corrected chi connectivity index (χ3v) is 4.90. The first kappa shape index (κ1) is 16.0. The van der Waals surface area contributed by atoms with E-state index in [0.29, 0.717) is 12.6 Å². The van der Waals surface area contributed by atoms with Crippen LogP contribution in [0.25, 0.3) is 0 Å². The van der Waals surface area contributed by atoms with Gasteiger partial charge in [0.25, 0.3) is 5.91 Å². The molecular weight excluding hydrogens is 282 g/mol. The van der Waals surface area contributed by atoms with Crippen LogP contribution in [0.3, 0.4) is 0 Å². The van der Waals surface area contributed by atoms with Gasteiger partial charge < -0.3 is 10.6 Å². The summed E-state index contributed by atoms with van der Waals surface area (Å²) < 4.78 is 0. The van der Waals surface area contributed by atoms with Crippen molar-refractivity contribution in [2.45, 2.75) is 26.3 Å². The maximum absolute atomic E-state index is 12.6. The fourth-order valence-electron chi connectivity index (χ4n) is 2.49. The summed E-state index contributed by atoms with van der Waals surface area (Å²) in [5.41, 5.74) is 6.21. The quantitative estimate of drug-likeness (QED) is 0.863. The third-order valence-electron chi connectivity index (χ3n) is 4.00. The van der Waals surface area contributed by atoms with Gasteiger partial charge in [-0.3, -0.25) is 9.69 Å². The molecule has 0 saturated carbocycles. The van der Waals surface area contributed by atoms with Crippen molar-refractivity contribution < 1.29 is 4.79 Å². The molecule has 114 valence electrons. The lowest BCUT2D eigenvalue weighted by Crippen LogP contribution is -2.51. The number of rotatable bonds is 3. The smallest absolute Gasteiger partial charge is 0.265 e. The largest absolute Gasteiger partial charge is 0.335 e. The van der Waals surface area contributed by atoms with Gasteiger partial charge in [-0.05, 0) is 24.8 Å². The molecule has 2 N–H and O–H groups in total. The maximum Gasteiger partial charge on any atom is 0.265 e. The Morgan fingerprint density at radius 3 is 2.76 bits per heavy atom. The first-order valence-corrected chi connectivity index (χ1v) is 8.35. The lowest BCUT2D eigenvalue weighted by molar-refractivity contribution is 0.0584. The summed E-state index contributed by atoms with van der Waals surface area (Å²) in [5.74, 6) is 5.92. The SMILES string of the molecule is CCC(C)N1CCN(C(=O)c2sccc2C#CCN)CC1. The normalized spacial score (nSPS) is 17.2. The molecule has 1 unspecified atom stereocenters. The summed E-state index contributed by atoms with van der Waals surface area (Å²) in [6.07, 6.45) is 1.15. The second-order valence-electron chi connectivity index (χ2n) is 5.25. The van der Waals surface area contributed by atoms with Crippen LogP contribution in [0.1, 0.15) is 35.5 Å². The molecule has 21 heavy (non-hydrogen) atoms. The number of carbonyl (C=O) groups excluding carboxylic acids is 1. The lowest BCUT2D eigenvalue weighted by atomic mass is 10.1. The predicted octanol–water partition coefficient (Wildman–Crippen LogP) is 1.61. The Labute approximate surface area is 130 Å². The molecular formula is C16H23N3OS. The second-order valence-corrected chi connectivity index (χ2v) is 6.17. The van der Waals surface area contributed by atoms with Crippen molar-refractivity contribution in [3.05, 3.63) is 21.9 Å². The summed E-state index contributed by atoms with van der Waals surface area (Å²) in [5, 5.41) is 1.92. The average Bonchev–Trinajstić information content (AvgIpc) is 3.00. The van der Waals surface area contributed by atoms with Crippen LogP contribution in [0.15, 0.2) is 11.4 Å². The van der Waals surface area contributed by atoms with Crippen LogP contribution in [0.4, 0.5) is 0 Å². The molecule has 2 rings (SSSR count). The molecule has 1 fully saturated rings. The van der Waals surface area contributed by atoms with Crippen LogP contribution in [-0.4, -0.2) is 54.5 Å². The Morgan fingerprint density at radius 2 is 2.14 bits per heavy atom. The van der Waals surface area contributed by atoms with Crippen LogP contribution in [-0.2, 0) is 0 Å². The fraction of sp³-hybridized carbons (Fsp3) is 0.562. The van der Waals surface area contributed by atoms with Crippen LogP contribution < -0.4 is 5.73 Å². The first-order chi connectivity index (χ1) is 10.2. The molecule has 2 heterocycles. The van der Waals surface area contributed by atoms with Gasteiger partial charge in [0, 0.05) is 37.8 Å². The van der Waals surface area contributed by atoms with Gasteiger partial charge in [-0.15, -0.1) is 11.3 Å². The predicted molar refractivity (Wildman–Crippen MR) is 87.5 cm³/mol. The number of hydrogen-bond donors (Lipinski definition) is 1. The van der Waals surface area contributed by atoms with E-state index in [4.69, 9.17) is 5.73 Å². The molecule has 1 aliphatic rings. The zero-order valence-electron chi connectivity index (χ0n) is 12.8. The Hall–Kier alpha value is -1.35. The van der Waals surface area contributed by atoms with Gasteiger partial charge in [0.1, 0.15) is 4.88 Å². The molecule has 0 radical (unpaired) electrons. The van der Waals surface area contributed by atoms with E-state index >= 15 is 0 Å². The molecule has 0 spiro atoms. The number of amides is 1. The van der Waals surface area contributed by atoms with Crippen molar-refractivity contribution >= 4 is 17.2 Å². The Morgan fingerprint density at radius 1 is 1.43 bits per heavy atom. The maximum atomic E-state index is 12.6. The highest BCUT2D eigenvalue weighted by Gasteiger charge is 2.25. The number of hydrogen-bond acceptors (Lipinski definition) is 4. The van der Waals surface area contributed by atoms with E-state index in [-0.39, 0.29) is 5.91 Å². The summed E-state index contributed by atoms with van der Waals surface area (Å²) in [7, 11) is 0. The molecule has 1 aromatic rings. The Kier molecular flexibility index (Phi) is 5.80. The van der Waals surface area contributed by atoms with Crippen molar-refractivity contribution in [3.63, 3.8) is 0 Å². The van der Waals surface area contributed by atoms with Crippen LogP contribution >= 0.6 is 11.3 Å². The molecule has 1 atom stereocenters. The van der Waals surface area contributed by atoms with E-state index in [9.17, 15) is 4.79 Å². The fourth-order valence-corrected chi connectivity index (χ4v) is 3.30. The zero-order valence-corrected chi connectivity index (χ0v) is 13.6. The van der Waals surface area contributed by atoms with Crippen molar-refractivity contribution in [3.8, 4) is 11.8 Å². The van der Waals surface area contributed by atoms with Crippen molar-refractivity contribution in [1.29, 1.82) is 0 Å². The lowest BCUT2D eigenvalue weighted by Gasteiger charge is -2.37. The number of carbonyl (C=O) groups is 1. The van der Waals surface area contributed by atoms with Gasteiger partial charge in [0.05, 0.1) is 6.54 Å². The van der Waals surface area contributed by atoms with E-state index in [1.165, 1.54) is 11.3 Å². The van der Waals surface area contributed by atoms with E-state index in [1.807, 2.05) is 16.3 Å². The molecule has 1 aliphatic heterocycles. The number of nitrogens with zero attached hydrogens (tertiary/aromatic N) is 2. The summed E-state index contributed by atoms with van der Waals surface area (Å²) in [6.45, 7) is 8.27. The van der Waals surface area contributed by atoms with Crippen LogP contribution in [0.5, 0.6) is 0 Å². The monoisotopic (exact) mass is 305 g/mol. The topological polar surface area (TPSA) is 49.6 Å². The Balaban J connectivity index is 2.01. The molecule has 1 aromatic heterocycles. The minimum absolute atomic E-state index is 0.107. The highest BCUT2D eigenvalue weighted by Crippen LogP contribution is 2.19. The van der Waals surface area contributed by atoms with Gasteiger partial charge in [-0.1, -0.05) is 18.8 Å². The van der Waals surface area contributed by atoms with Gasteiger partial charge in [0.15, 0.2) is 0 Å². The molecule has 4 nitrogen and oxygen atoms in total. The highest BCUT2D eigenvalue weighted by molar-refractivity contribution is 7.12. The molecule has 0 bridgehead atoms. The van der Waals surface area contributed by atoms with Crippen molar-refractivity contribution in [2.75, 3.05) is 32.7 Å². The van der Waals surface area contributed by atoms with Gasteiger partial charge in [-0.2, -0.15) is 0 Å². The van der Waals surface area contributed by atoms with Gasteiger partial charge in [0.2, 0.25) is 0 Å². The summed E-state index contributed by atoms with van der Waals surface area (Å²) in [6, 6.07) is 2.49. The highest BCUT2D eigenvalue weighted by atomic mass is 32.1. The van der Waals surface area contributed by atoms with Crippen LogP contribution in [0, 0.1) is 11.8 Å². The second kappa shape index (κ2) is 7.60. The van der Waals surface area contributed by atoms with Gasteiger partial charge in [-0.25, -0.2) is 0 Å². The summed E-state index contributed by atoms with van der Waals surface area (Å²) in [4.78, 5) is 17.7. The molecule has 1 saturated heterocycles. The van der Waals surface area contributed by atoms with E-state index in [2.05, 4.69) is 30.6 Å². The zero-order chi connectivity index (χ0) is 15.2. The molecule has 0 aliphatic carbocycles. The van der Waals surface area contributed by atoms with Gasteiger partial charge >= 0.3 is 0 Å². The third kappa shape index (κ3) is 3.85. The number of nitrogens with two attached hydrogens (primary N) is 1. The van der Waals surface area contributed by atoms with Crippen molar-refractivity contribution in [2.24, 2.45) is 5.73 Å². The summed E-state index contributed by atoms with van der Waals surface area (Å²) >= 11 is 1.47. The first-order valence-electron chi connectivity index (χ1n) is 7.47. The van der Waals surface area contributed by atoms with E-state index in [0.717, 1.165) is 43.0 Å². The molecule has 1 amide bonds. The molecule has 5 heteroatoms. The van der Waals surface area contributed by atoms with E-state index in [1.54, 1.807) is 0 Å².